The SMILES string of the molecule is c1ccc(-c2ccc3ccc4ccc(-c5cccc6ccccc56)nc4c3n2)cc1. The molecule has 0 aliphatic carbocycles. The summed E-state index contributed by atoms with van der Waals surface area (Å²) in [5.41, 5.74) is 6.08. The molecule has 0 atom stereocenters. The zero-order chi connectivity index (χ0) is 19.9. The largest absolute Gasteiger partial charge is 0.245 e. The maximum absolute atomic E-state index is 5.10. The Balaban J connectivity index is 1.62. The van der Waals surface area contributed by atoms with E-state index in [1.165, 1.54) is 10.8 Å². The van der Waals surface area contributed by atoms with Crippen LogP contribution in [0, 0.1) is 0 Å². The van der Waals surface area contributed by atoms with Crippen LogP contribution in [0.25, 0.3) is 55.1 Å². The molecule has 0 unspecified atom stereocenters. The molecule has 6 rings (SSSR count). The Labute approximate surface area is 174 Å². The van der Waals surface area contributed by atoms with Crippen LogP contribution in [0.15, 0.2) is 109 Å². The highest BCUT2D eigenvalue weighted by Crippen LogP contribution is 2.31. The fourth-order valence-corrected chi connectivity index (χ4v) is 4.14. The summed E-state index contributed by atoms with van der Waals surface area (Å²) in [5.74, 6) is 0. The molecule has 2 nitrogen and oxygen atoms in total. The van der Waals surface area contributed by atoms with Crippen molar-refractivity contribution in [1.82, 2.24) is 9.97 Å². The molecule has 0 bridgehead atoms. The van der Waals surface area contributed by atoms with E-state index in [1.807, 2.05) is 18.2 Å². The number of fused-ring (bicyclic) bond motifs is 4. The van der Waals surface area contributed by atoms with Crippen molar-refractivity contribution in [1.29, 1.82) is 0 Å². The molecule has 0 radical (unpaired) electrons. The Kier molecular flexibility index (Phi) is 3.82. The minimum absolute atomic E-state index is 0.940. The van der Waals surface area contributed by atoms with Crippen LogP contribution < -0.4 is 0 Å². The first kappa shape index (κ1) is 16.9. The summed E-state index contributed by atoms with van der Waals surface area (Å²) in [6.45, 7) is 0. The molecule has 0 saturated heterocycles. The Morgan fingerprint density at radius 3 is 1.80 bits per heavy atom. The van der Waals surface area contributed by atoms with Crippen LogP contribution >= 0.6 is 0 Å². The number of aromatic nitrogens is 2. The van der Waals surface area contributed by atoms with Gasteiger partial charge in [0.2, 0.25) is 0 Å². The summed E-state index contributed by atoms with van der Waals surface area (Å²) in [7, 11) is 0. The van der Waals surface area contributed by atoms with Crippen LogP contribution in [0.1, 0.15) is 0 Å². The van der Waals surface area contributed by atoms with Crippen molar-refractivity contribution in [2.45, 2.75) is 0 Å². The fraction of sp³-hybridized carbons (Fsp3) is 0. The molecular weight excluding hydrogens is 364 g/mol. The molecule has 0 spiro atoms. The van der Waals surface area contributed by atoms with E-state index in [2.05, 4.69) is 91.0 Å². The quantitative estimate of drug-likeness (QED) is 0.294. The van der Waals surface area contributed by atoms with Gasteiger partial charge in [0.05, 0.1) is 22.4 Å². The second-order valence-electron chi connectivity index (χ2n) is 7.49. The highest BCUT2D eigenvalue weighted by molar-refractivity contribution is 6.05. The van der Waals surface area contributed by atoms with E-state index in [9.17, 15) is 0 Å². The molecule has 0 aliphatic heterocycles. The molecule has 2 heterocycles. The Morgan fingerprint density at radius 1 is 0.400 bits per heavy atom. The van der Waals surface area contributed by atoms with Crippen LogP contribution in [0.5, 0.6) is 0 Å². The van der Waals surface area contributed by atoms with Crippen molar-refractivity contribution in [3.8, 4) is 22.5 Å². The summed E-state index contributed by atoms with van der Waals surface area (Å²) in [5, 5.41) is 4.64. The molecule has 0 fully saturated rings. The zero-order valence-corrected chi connectivity index (χ0v) is 16.3. The predicted molar refractivity (Wildman–Crippen MR) is 125 cm³/mol. The summed E-state index contributed by atoms with van der Waals surface area (Å²) >= 11 is 0. The number of hydrogen-bond acceptors (Lipinski definition) is 2. The van der Waals surface area contributed by atoms with E-state index in [-0.39, 0.29) is 0 Å². The van der Waals surface area contributed by atoms with Gasteiger partial charge in [-0.1, -0.05) is 97.1 Å². The maximum atomic E-state index is 5.10. The van der Waals surface area contributed by atoms with Crippen molar-refractivity contribution in [2.24, 2.45) is 0 Å². The molecule has 140 valence electrons. The third-order valence-corrected chi connectivity index (χ3v) is 5.65. The zero-order valence-electron chi connectivity index (χ0n) is 16.3. The van der Waals surface area contributed by atoms with Crippen molar-refractivity contribution >= 4 is 32.6 Å². The van der Waals surface area contributed by atoms with Crippen LogP contribution in [-0.4, -0.2) is 9.97 Å². The number of pyridine rings is 2. The monoisotopic (exact) mass is 382 g/mol. The minimum Gasteiger partial charge on any atom is -0.245 e. The lowest BCUT2D eigenvalue weighted by Gasteiger charge is -2.10. The van der Waals surface area contributed by atoms with Gasteiger partial charge in [0.1, 0.15) is 0 Å². The molecule has 0 amide bonds. The smallest absolute Gasteiger partial charge is 0.0972 e. The topological polar surface area (TPSA) is 25.8 Å². The summed E-state index contributed by atoms with van der Waals surface area (Å²) in [6.07, 6.45) is 0. The lowest BCUT2D eigenvalue weighted by molar-refractivity contribution is 1.37. The summed E-state index contributed by atoms with van der Waals surface area (Å²) in [4.78, 5) is 10.1. The second kappa shape index (κ2) is 6.78. The van der Waals surface area contributed by atoms with Gasteiger partial charge in [-0.15, -0.1) is 0 Å². The first-order chi connectivity index (χ1) is 14.9. The number of hydrogen-bond donors (Lipinski definition) is 0. The van der Waals surface area contributed by atoms with Gasteiger partial charge in [-0.2, -0.15) is 0 Å². The molecule has 2 heteroatoms. The van der Waals surface area contributed by atoms with Gasteiger partial charge in [0.15, 0.2) is 0 Å². The van der Waals surface area contributed by atoms with Gasteiger partial charge >= 0.3 is 0 Å². The first-order valence-corrected chi connectivity index (χ1v) is 10.1. The fourth-order valence-electron chi connectivity index (χ4n) is 4.14. The number of nitrogens with zero attached hydrogens (tertiary/aromatic N) is 2. The van der Waals surface area contributed by atoms with E-state index in [4.69, 9.17) is 9.97 Å². The third-order valence-electron chi connectivity index (χ3n) is 5.65. The molecule has 4 aromatic carbocycles. The van der Waals surface area contributed by atoms with E-state index in [0.717, 1.165) is 44.3 Å². The first-order valence-electron chi connectivity index (χ1n) is 10.1. The van der Waals surface area contributed by atoms with E-state index in [0.29, 0.717) is 0 Å². The highest BCUT2D eigenvalue weighted by Gasteiger charge is 2.10. The van der Waals surface area contributed by atoms with E-state index in [1.54, 1.807) is 0 Å². The Bertz CT molecular complexity index is 1530. The minimum atomic E-state index is 0.940. The Hall–Kier alpha value is -4.04. The second-order valence-corrected chi connectivity index (χ2v) is 7.49. The number of rotatable bonds is 2. The lowest BCUT2D eigenvalue weighted by Crippen LogP contribution is -1.91. The van der Waals surface area contributed by atoms with Crippen LogP contribution in [-0.2, 0) is 0 Å². The van der Waals surface area contributed by atoms with Gasteiger partial charge in [0.25, 0.3) is 0 Å². The molecule has 0 aliphatic rings. The molecule has 30 heavy (non-hydrogen) atoms. The molecule has 2 aromatic heterocycles. The lowest BCUT2D eigenvalue weighted by atomic mass is 10.0. The Morgan fingerprint density at radius 2 is 1.00 bits per heavy atom. The van der Waals surface area contributed by atoms with E-state index < -0.39 is 0 Å². The van der Waals surface area contributed by atoms with Crippen molar-refractivity contribution < 1.29 is 0 Å². The van der Waals surface area contributed by atoms with Gasteiger partial charge in [0, 0.05) is 21.9 Å². The third kappa shape index (κ3) is 2.73. The molecular formula is C28H18N2. The summed E-state index contributed by atoms with van der Waals surface area (Å²) < 4.78 is 0. The van der Waals surface area contributed by atoms with Crippen LogP contribution in [0.3, 0.4) is 0 Å². The van der Waals surface area contributed by atoms with E-state index >= 15 is 0 Å². The average molecular weight is 382 g/mol. The van der Waals surface area contributed by atoms with Gasteiger partial charge in [-0.25, -0.2) is 9.97 Å². The van der Waals surface area contributed by atoms with Crippen molar-refractivity contribution in [3.63, 3.8) is 0 Å². The van der Waals surface area contributed by atoms with Gasteiger partial charge in [-0.05, 0) is 22.9 Å². The normalized spacial score (nSPS) is 11.3. The molecule has 0 saturated carbocycles. The van der Waals surface area contributed by atoms with Crippen molar-refractivity contribution in [3.05, 3.63) is 109 Å². The van der Waals surface area contributed by atoms with Crippen LogP contribution in [0.4, 0.5) is 0 Å². The average Bonchev–Trinajstić information content (AvgIpc) is 2.83. The standard InChI is InChI=1S/C28H18N2/c1-2-8-20(9-3-1)25-17-15-21-13-14-22-16-18-26(30-28(22)27(21)29-25)24-12-6-10-19-7-4-5-11-23(19)24/h1-18H. The molecule has 0 N–H and O–H groups in total. The maximum Gasteiger partial charge on any atom is 0.0972 e. The van der Waals surface area contributed by atoms with Crippen LogP contribution in [0.2, 0.25) is 0 Å². The van der Waals surface area contributed by atoms with Gasteiger partial charge < -0.3 is 0 Å². The molecule has 6 aromatic rings. The van der Waals surface area contributed by atoms with Crippen molar-refractivity contribution in [2.75, 3.05) is 0 Å². The summed E-state index contributed by atoms with van der Waals surface area (Å²) in [6, 6.07) is 37.8. The number of benzene rings is 4. The van der Waals surface area contributed by atoms with Gasteiger partial charge in [-0.3, -0.25) is 0 Å². The predicted octanol–water partition coefficient (Wildman–Crippen LogP) is 7.27. The highest BCUT2D eigenvalue weighted by atomic mass is 14.8.